The van der Waals surface area contributed by atoms with Crippen LogP contribution in [0.25, 0.3) is 10.9 Å². The van der Waals surface area contributed by atoms with Crippen LogP contribution in [0.4, 0.5) is 5.69 Å². The van der Waals surface area contributed by atoms with Crippen LogP contribution in [0.3, 0.4) is 0 Å². The normalized spacial score (nSPS) is 14.7. The van der Waals surface area contributed by atoms with Crippen molar-refractivity contribution < 1.29 is 9.47 Å². The highest BCUT2D eigenvalue weighted by molar-refractivity contribution is 5.99. The van der Waals surface area contributed by atoms with Crippen LogP contribution in [0.5, 0.6) is 11.5 Å². The molecular formula is C17H20N4O2. The molecule has 0 saturated carbocycles. The third kappa shape index (κ3) is 2.53. The van der Waals surface area contributed by atoms with Crippen molar-refractivity contribution in [2.75, 3.05) is 46.3 Å². The third-order valence-corrected chi connectivity index (χ3v) is 4.37. The molecule has 0 radical (unpaired) electrons. The van der Waals surface area contributed by atoms with E-state index in [1.54, 1.807) is 20.4 Å². The van der Waals surface area contributed by atoms with Gasteiger partial charge in [-0.15, -0.1) is 0 Å². The Morgan fingerprint density at radius 3 is 2.57 bits per heavy atom. The van der Waals surface area contributed by atoms with E-state index in [1.165, 1.54) is 0 Å². The van der Waals surface area contributed by atoms with Gasteiger partial charge in [0.05, 0.1) is 25.5 Å². The Morgan fingerprint density at radius 2 is 2.00 bits per heavy atom. The maximum atomic E-state index is 9.48. The van der Waals surface area contributed by atoms with Crippen molar-refractivity contribution in [3.05, 3.63) is 23.9 Å². The summed E-state index contributed by atoms with van der Waals surface area (Å²) in [6, 6.07) is 6.48. The highest BCUT2D eigenvalue weighted by Gasteiger charge is 2.31. The standard InChI is InChI=1S/C17H20N4O2/c1-20(2)12-9-21(10-12)17-11(7-18)8-19-16-14(17)5-13(22-3)6-15(16)23-4/h5-6,8,12H,9-10H2,1-4H3. The second-order valence-corrected chi connectivity index (χ2v) is 5.88. The van der Waals surface area contributed by atoms with Gasteiger partial charge in [0, 0.05) is 36.8 Å². The van der Waals surface area contributed by atoms with E-state index in [4.69, 9.17) is 9.47 Å². The molecule has 1 aliphatic rings. The highest BCUT2D eigenvalue weighted by atomic mass is 16.5. The summed E-state index contributed by atoms with van der Waals surface area (Å²) in [4.78, 5) is 8.83. The topological polar surface area (TPSA) is 61.6 Å². The Bertz CT molecular complexity index is 776. The summed E-state index contributed by atoms with van der Waals surface area (Å²) in [5.74, 6) is 1.34. The number of benzene rings is 1. The number of fused-ring (bicyclic) bond motifs is 1. The molecule has 120 valence electrons. The molecule has 0 aliphatic carbocycles. The minimum Gasteiger partial charge on any atom is -0.497 e. The SMILES string of the molecule is COc1cc(OC)c2ncc(C#N)c(N3CC(N(C)C)C3)c2c1. The minimum atomic E-state index is 0.497. The molecule has 1 fully saturated rings. The zero-order chi connectivity index (χ0) is 16.6. The van der Waals surface area contributed by atoms with Gasteiger partial charge in [-0.1, -0.05) is 0 Å². The summed E-state index contributed by atoms with van der Waals surface area (Å²) in [6.07, 6.45) is 1.62. The first-order chi connectivity index (χ1) is 11.1. The molecule has 1 aromatic carbocycles. The number of aromatic nitrogens is 1. The first kappa shape index (κ1) is 15.4. The molecule has 2 aromatic rings. The molecule has 23 heavy (non-hydrogen) atoms. The van der Waals surface area contributed by atoms with E-state index in [0.29, 0.717) is 23.1 Å². The van der Waals surface area contributed by atoms with Gasteiger partial charge in [0.15, 0.2) is 0 Å². The van der Waals surface area contributed by atoms with Crippen LogP contribution in [0.2, 0.25) is 0 Å². The fourth-order valence-electron chi connectivity index (χ4n) is 2.89. The zero-order valence-electron chi connectivity index (χ0n) is 13.8. The molecule has 6 heteroatoms. The Hall–Kier alpha value is -2.52. The van der Waals surface area contributed by atoms with E-state index in [-0.39, 0.29) is 0 Å². The smallest absolute Gasteiger partial charge is 0.148 e. The summed E-state index contributed by atoms with van der Waals surface area (Å²) in [5, 5.41) is 10.4. The van der Waals surface area contributed by atoms with Gasteiger partial charge in [-0.25, -0.2) is 0 Å². The van der Waals surface area contributed by atoms with Crippen molar-refractivity contribution in [2.45, 2.75) is 6.04 Å². The molecule has 0 atom stereocenters. The van der Waals surface area contributed by atoms with E-state index >= 15 is 0 Å². The number of hydrogen-bond donors (Lipinski definition) is 0. The molecule has 1 aromatic heterocycles. The Morgan fingerprint density at radius 1 is 1.26 bits per heavy atom. The van der Waals surface area contributed by atoms with Gasteiger partial charge < -0.3 is 19.3 Å². The highest BCUT2D eigenvalue weighted by Crippen LogP contribution is 2.39. The van der Waals surface area contributed by atoms with Crippen LogP contribution < -0.4 is 14.4 Å². The number of ether oxygens (including phenoxy) is 2. The molecule has 0 amide bonds. The first-order valence-corrected chi connectivity index (χ1v) is 7.45. The predicted octanol–water partition coefficient (Wildman–Crippen LogP) is 1.87. The van der Waals surface area contributed by atoms with E-state index in [2.05, 4.69) is 34.9 Å². The van der Waals surface area contributed by atoms with Crippen LogP contribution in [-0.2, 0) is 0 Å². The van der Waals surface area contributed by atoms with Crippen molar-refractivity contribution in [1.29, 1.82) is 5.26 Å². The minimum absolute atomic E-state index is 0.497. The number of likely N-dealkylation sites (N-methyl/N-ethyl adjacent to an activating group) is 1. The van der Waals surface area contributed by atoms with E-state index in [1.807, 2.05) is 12.1 Å². The number of nitrogens with zero attached hydrogens (tertiary/aromatic N) is 4. The number of nitriles is 1. The maximum Gasteiger partial charge on any atom is 0.148 e. The summed E-state index contributed by atoms with van der Waals surface area (Å²) in [5.41, 5.74) is 2.23. The van der Waals surface area contributed by atoms with E-state index in [0.717, 1.165) is 29.7 Å². The average Bonchev–Trinajstić information content (AvgIpc) is 2.51. The van der Waals surface area contributed by atoms with Gasteiger partial charge in [0.1, 0.15) is 23.1 Å². The quantitative estimate of drug-likeness (QED) is 0.859. The molecule has 3 rings (SSSR count). The lowest BCUT2D eigenvalue weighted by atomic mass is 10.0. The Kier molecular flexibility index (Phi) is 3.97. The van der Waals surface area contributed by atoms with Gasteiger partial charge >= 0.3 is 0 Å². The largest absolute Gasteiger partial charge is 0.497 e. The van der Waals surface area contributed by atoms with Gasteiger partial charge in [-0.2, -0.15) is 5.26 Å². The second-order valence-electron chi connectivity index (χ2n) is 5.88. The summed E-state index contributed by atoms with van der Waals surface area (Å²) in [6.45, 7) is 1.78. The average molecular weight is 312 g/mol. The van der Waals surface area contributed by atoms with Crippen LogP contribution in [0, 0.1) is 11.3 Å². The summed E-state index contributed by atoms with van der Waals surface area (Å²) < 4.78 is 10.8. The number of rotatable bonds is 4. The van der Waals surface area contributed by atoms with Gasteiger partial charge in [0.25, 0.3) is 0 Å². The van der Waals surface area contributed by atoms with Crippen molar-refractivity contribution in [1.82, 2.24) is 9.88 Å². The number of anilines is 1. The number of methoxy groups -OCH3 is 2. The van der Waals surface area contributed by atoms with Gasteiger partial charge in [0.2, 0.25) is 0 Å². The molecular weight excluding hydrogens is 292 g/mol. The molecule has 6 nitrogen and oxygen atoms in total. The van der Waals surface area contributed by atoms with Crippen LogP contribution in [-0.4, -0.2) is 57.3 Å². The van der Waals surface area contributed by atoms with Crippen LogP contribution in [0.15, 0.2) is 18.3 Å². The summed E-state index contributed by atoms with van der Waals surface area (Å²) in [7, 11) is 7.38. The first-order valence-electron chi connectivity index (χ1n) is 7.45. The van der Waals surface area contributed by atoms with E-state index < -0.39 is 0 Å². The Labute approximate surface area is 135 Å². The van der Waals surface area contributed by atoms with Crippen molar-refractivity contribution >= 4 is 16.6 Å². The van der Waals surface area contributed by atoms with Crippen LogP contribution in [0.1, 0.15) is 5.56 Å². The molecule has 0 N–H and O–H groups in total. The lowest BCUT2D eigenvalue weighted by Gasteiger charge is -2.45. The maximum absolute atomic E-state index is 9.48. The van der Waals surface area contributed by atoms with Gasteiger partial charge in [-0.3, -0.25) is 4.98 Å². The lowest BCUT2D eigenvalue weighted by Crippen LogP contribution is -2.57. The molecule has 1 saturated heterocycles. The van der Waals surface area contributed by atoms with E-state index in [9.17, 15) is 5.26 Å². The molecule has 0 unspecified atom stereocenters. The zero-order valence-corrected chi connectivity index (χ0v) is 13.8. The fraction of sp³-hybridized carbons (Fsp3) is 0.412. The third-order valence-electron chi connectivity index (χ3n) is 4.37. The van der Waals surface area contributed by atoms with Crippen LogP contribution >= 0.6 is 0 Å². The van der Waals surface area contributed by atoms with Crippen molar-refractivity contribution in [2.24, 2.45) is 0 Å². The molecule has 2 heterocycles. The van der Waals surface area contributed by atoms with Crippen molar-refractivity contribution in [3.63, 3.8) is 0 Å². The molecule has 0 spiro atoms. The second kappa shape index (κ2) is 5.94. The molecule has 0 bridgehead atoms. The fourth-order valence-corrected chi connectivity index (χ4v) is 2.89. The summed E-state index contributed by atoms with van der Waals surface area (Å²) >= 11 is 0. The molecule has 1 aliphatic heterocycles. The monoisotopic (exact) mass is 312 g/mol. The van der Waals surface area contributed by atoms with Gasteiger partial charge in [-0.05, 0) is 20.2 Å². The number of pyridine rings is 1. The lowest BCUT2D eigenvalue weighted by molar-refractivity contribution is 0.247. The predicted molar refractivity (Wildman–Crippen MR) is 89.3 cm³/mol. The Balaban J connectivity index is 2.16. The van der Waals surface area contributed by atoms with Crippen molar-refractivity contribution in [3.8, 4) is 17.6 Å². The number of hydrogen-bond acceptors (Lipinski definition) is 6.